The number of hydrogen-bond donors (Lipinski definition) is 3. The van der Waals surface area contributed by atoms with Gasteiger partial charge in [-0.2, -0.15) is 0 Å². The number of fused-ring (bicyclic) bond motifs is 1. The van der Waals surface area contributed by atoms with Crippen molar-refractivity contribution in [1.29, 1.82) is 0 Å². The van der Waals surface area contributed by atoms with E-state index in [0.29, 0.717) is 6.54 Å². The molecule has 6 heteroatoms. The van der Waals surface area contributed by atoms with E-state index in [0.717, 1.165) is 0 Å². The van der Waals surface area contributed by atoms with E-state index in [1.807, 2.05) is 0 Å². The monoisotopic (exact) mass is 229 g/mol. The van der Waals surface area contributed by atoms with Gasteiger partial charge in [0, 0.05) is 18.4 Å². The van der Waals surface area contributed by atoms with Gasteiger partial charge in [-0.25, -0.2) is 0 Å². The molecule has 2 aliphatic heterocycles. The van der Waals surface area contributed by atoms with E-state index in [-0.39, 0.29) is 24.9 Å². The van der Waals surface area contributed by atoms with Crippen LogP contribution >= 0.6 is 0 Å². The van der Waals surface area contributed by atoms with Gasteiger partial charge < -0.3 is 20.3 Å². The lowest BCUT2D eigenvalue weighted by Crippen LogP contribution is -2.52. The number of carboxylic acid groups (broad SMARTS) is 1. The molecule has 6 nitrogen and oxygen atoms in total. The predicted molar refractivity (Wildman–Crippen MR) is 52.6 cm³/mol. The number of hydrogen-bond acceptors (Lipinski definition) is 5. The van der Waals surface area contributed by atoms with Crippen molar-refractivity contribution in [3.05, 3.63) is 0 Å². The van der Waals surface area contributed by atoms with Crippen molar-refractivity contribution in [2.45, 2.75) is 25.0 Å². The number of aliphatic hydroxyl groups excluding tert-OH is 1. The Labute approximate surface area is 92.6 Å². The molecule has 0 spiro atoms. The molecule has 4 atom stereocenters. The number of cyclic esters (lactones) is 1. The Bertz CT molecular complexity index is 331. The first-order chi connectivity index (χ1) is 7.48. The molecule has 0 aliphatic carbocycles. The number of aliphatic carboxylic acids is 1. The minimum atomic E-state index is -0.961. The van der Waals surface area contributed by atoms with Gasteiger partial charge in [0.25, 0.3) is 0 Å². The number of aliphatic hydroxyl groups is 1. The number of nitrogens with one attached hydrogen (secondary N) is 1. The summed E-state index contributed by atoms with van der Waals surface area (Å²) in [6.07, 6.45) is 0.101. The lowest BCUT2D eigenvalue weighted by Gasteiger charge is -2.40. The second kappa shape index (κ2) is 3.71. The highest BCUT2D eigenvalue weighted by Crippen LogP contribution is 2.40. The second-order valence-electron chi connectivity index (χ2n) is 4.64. The van der Waals surface area contributed by atoms with Crippen LogP contribution < -0.4 is 5.32 Å². The van der Waals surface area contributed by atoms with Crippen LogP contribution in [0, 0.1) is 11.8 Å². The number of rotatable bonds is 2. The molecule has 0 saturated carbocycles. The third-order valence-corrected chi connectivity index (χ3v) is 3.62. The van der Waals surface area contributed by atoms with Gasteiger partial charge in [0.05, 0.1) is 13.0 Å². The van der Waals surface area contributed by atoms with Crippen molar-refractivity contribution in [3.8, 4) is 0 Å². The quantitative estimate of drug-likeness (QED) is 0.524. The Kier molecular flexibility index (Phi) is 2.63. The Hall–Kier alpha value is -1.14. The summed E-state index contributed by atoms with van der Waals surface area (Å²) in [7, 11) is 0. The van der Waals surface area contributed by atoms with Crippen molar-refractivity contribution in [2.24, 2.45) is 11.8 Å². The normalized spacial score (nSPS) is 42.6. The van der Waals surface area contributed by atoms with Crippen molar-refractivity contribution < 1.29 is 24.5 Å². The highest BCUT2D eigenvalue weighted by atomic mass is 16.6. The fourth-order valence-corrected chi connectivity index (χ4v) is 2.71. The van der Waals surface area contributed by atoms with Gasteiger partial charge in [-0.05, 0) is 6.92 Å². The van der Waals surface area contributed by atoms with E-state index >= 15 is 0 Å². The van der Waals surface area contributed by atoms with Gasteiger partial charge in [0.2, 0.25) is 0 Å². The summed E-state index contributed by atoms with van der Waals surface area (Å²) in [5.41, 5.74) is -0.961. The molecule has 16 heavy (non-hydrogen) atoms. The number of esters is 1. The Morgan fingerprint density at radius 3 is 2.94 bits per heavy atom. The minimum Gasteiger partial charge on any atom is -0.480 e. The predicted octanol–water partition coefficient (Wildman–Crippen LogP) is -1.03. The molecule has 2 rings (SSSR count). The summed E-state index contributed by atoms with van der Waals surface area (Å²) in [5.74, 6) is -1.83. The zero-order valence-corrected chi connectivity index (χ0v) is 8.97. The highest BCUT2D eigenvalue weighted by molar-refractivity contribution is 5.78. The summed E-state index contributed by atoms with van der Waals surface area (Å²) >= 11 is 0. The van der Waals surface area contributed by atoms with Crippen LogP contribution in [0.5, 0.6) is 0 Å². The first-order valence-corrected chi connectivity index (χ1v) is 5.27. The average molecular weight is 229 g/mol. The molecule has 0 aromatic rings. The molecule has 0 bridgehead atoms. The van der Waals surface area contributed by atoms with Gasteiger partial charge in [-0.15, -0.1) is 0 Å². The van der Waals surface area contributed by atoms with Crippen molar-refractivity contribution >= 4 is 11.9 Å². The van der Waals surface area contributed by atoms with Gasteiger partial charge in [-0.1, -0.05) is 0 Å². The molecule has 2 aliphatic rings. The second-order valence-corrected chi connectivity index (χ2v) is 4.64. The smallest absolute Gasteiger partial charge is 0.321 e. The highest BCUT2D eigenvalue weighted by Gasteiger charge is 2.54. The standard InChI is InChI=1S/C10H15NO5/c1-10(4-12)6-3-11-8(9(14)15)5(6)2-7(13)16-10/h5-6,8,11-12H,2-4H2,1H3,(H,14,15)/t5-,6-,8-,10?/m0/s1. The van der Waals surface area contributed by atoms with Crippen LogP contribution in [-0.2, 0) is 14.3 Å². The molecule has 0 aromatic heterocycles. The molecule has 0 aromatic carbocycles. The fourth-order valence-electron chi connectivity index (χ4n) is 2.71. The molecule has 2 fully saturated rings. The van der Waals surface area contributed by atoms with Gasteiger partial charge in [0.1, 0.15) is 11.6 Å². The van der Waals surface area contributed by atoms with Gasteiger partial charge in [0.15, 0.2) is 0 Å². The molecule has 90 valence electrons. The fraction of sp³-hybridized carbons (Fsp3) is 0.800. The summed E-state index contributed by atoms with van der Waals surface area (Å²) in [6.45, 7) is 1.81. The molecule has 2 heterocycles. The first kappa shape index (κ1) is 11.3. The molecule has 3 N–H and O–H groups in total. The molecule has 0 radical (unpaired) electrons. The van der Waals surface area contributed by atoms with Crippen molar-refractivity contribution in [3.63, 3.8) is 0 Å². The van der Waals surface area contributed by atoms with Crippen molar-refractivity contribution in [1.82, 2.24) is 5.32 Å². The Balaban J connectivity index is 2.26. The number of carbonyl (C=O) groups is 2. The maximum Gasteiger partial charge on any atom is 0.321 e. The summed E-state index contributed by atoms with van der Waals surface area (Å²) in [6, 6.07) is -0.719. The lowest BCUT2D eigenvalue weighted by molar-refractivity contribution is -0.184. The molecule has 1 unspecified atom stereocenters. The van der Waals surface area contributed by atoms with E-state index in [9.17, 15) is 14.7 Å². The van der Waals surface area contributed by atoms with Gasteiger partial charge in [-0.3, -0.25) is 9.59 Å². The summed E-state index contributed by atoms with van der Waals surface area (Å²) < 4.78 is 5.14. The van der Waals surface area contributed by atoms with E-state index in [1.165, 1.54) is 0 Å². The minimum absolute atomic E-state index is 0.101. The van der Waals surface area contributed by atoms with Crippen LogP contribution in [-0.4, -0.2) is 46.9 Å². The molecular formula is C10H15NO5. The van der Waals surface area contributed by atoms with Gasteiger partial charge >= 0.3 is 11.9 Å². The van der Waals surface area contributed by atoms with E-state index < -0.39 is 23.6 Å². The largest absolute Gasteiger partial charge is 0.480 e. The maximum absolute atomic E-state index is 11.4. The Morgan fingerprint density at radius 2 is 2.38 bits per heavy atom. The molecule has 2 saturated heterocycles. The van der Waals surface area contributed by atoms with Crippen LogP contribution in [0.2, 0.25) is 0 Å². The zero-order valence-electron chi connectivity index (χ0n) is 8.97. The lowest BCUT2D eigenvalue weighted by atomic mass is 9.75. The van der Waals surface area contributed by atoms with Crippen LogP contribution in [0.1, 0.15) is 13.3 Å². The zero-order chi connectivity index (χ0) is 11.9. The topological polar surface area (TPSA) is 95.9 Å². The number of carboxylic acids is 1. The number of carbonyl (C=O) groups excluding carboxylic acids is 1. The maximum atomic E-state index is 11.4. The third-order valence-electron chi connectivity index (χ3n) is 3.62. The summed E-state index contributed by atoms with van der Waals surface area (Å²) in [5, 5.41) is 21.2. The average Bonchev–Trinajstić information content (AvgIpc) is 2.61. The van der Waals surface area contributed by atoms with Crippen LogP contribution in [0.3, 0.4) is 0 Å². The van der Waals surface area contributed by atoms with E-state index in [4.69, 9.17) is 9.84 Å². The number of ether oxygens (including phenoxy) is 1. The van der Waals surface area contributed by atoms with E-state index in [2.05, 4.69) is 5.32 Å². The van der Waals surface area contributed by atoms with Crippen LogP contribution in [0.15, 0.2) is 0 Å². The molecule has 0 amide bonds. The van der Waals surface area contributed by atoms with E-state index in [1.54, 1.807) is 6.92 Å². The van der Waals surface area contributed by atoms with Crippen LogP contribution in [0.25, 0.3) is 0 Å². The third kappa shape index (κ3) is 1.58. The summed E-state index contributed by atoms with van der Waals surface area (Å²) in [4.78, 5) is 22.4. The first-order valence-electron chi connectivity index (χ1n) is 5.27. The molecular weight excluding hydrogens is 214 g/mol. The van der Waals surface area contributed by atoms with Crippen LogP contribution in [0.4, 0.5) is 0 Å². The Morgan fingerprint density at radius 1 is 1.69 bits per heavy atom. The SMILES string of the molecule is CC1(CO)OC(=O)C[C@@H]2[C@@H](C(=O)O)NC[C@@H]21. The van der Waals surface area contributed by atoms with Crippen molar-refractivity contribution in [2.75, 3.05) is 13.2 Å².